The van der Waals surface area contributed by atoms with Crippen molar-refractivity contribution < 1.29 is 14.0 Å². The number of methoxy groups -OCH3 is 1. The van der Waals surface area contributed by atoms with Crippen LogP contribution in [0.15, 0.2) is 47.1 Å². The molecule has 1 aromatic carbocycles. The lowest BCUT2D eigenvalue weighted by Gasteiger charge is -2.16. The van der Waals surface area contributed by atoms with E-state index in [1.54, 1.807) is 13.3 Å². The monoisotopic (exact) mass is 408 g/mol. The predicted molar refractivity (Wildman–Crippen MR) is 113 cm³/mol. The van der Waals surface area contributed by atoms with Crippen molar-refractivity contribution in [3.8, 4) is 23.1 Å². The number of rotatable bonds is 8. The summed E-state index contributed by atoms with van der Waals surface area (Å²) < 4.78 is 16.7. The maximum Gasteiger partial charge on any atom is 0.280 e. The predicted octanol–water partition coefficient (Wildman–Crippen LogP) is 4.16. The van der Waals surface area contributed by atoms with Gasteiger partial charge in [-0.1, -0.05) is 31.1 Å². The van der Waals surface area contributed by atoms with Gasteiger partial charge in [0.1, 0.15) is 11.5 Å². The van der Waals surface area contributed by atoms with E-state index in [1.807, 2.05) is 18.2 Å². The molecule has 0 amide bonds. The van der Waals surface area contributed by atoms with Gasteiger partial charge < -0.3 is 14.0 Å². The zero-order valence-electron chi connectivity index (χ0n) is 17.7. The summed E-state index contributed by atoms with van der Waals surface area (Å²) in [5.74, 6) is 3.45. The molecule has 0 N–H and O–H groups in total. The third-order valence-corrected chi connectivity index (χ3v) is 5.16. The fourth-order valence-electron chi connectivity index (χ4n) is 3.65. The molecule has 0 radical (unpaired) electrons. The van der Waals surface area contributed by atoms with Gasteiger partial charge in [-0.05, 0) is 48.7 Å². The van der Waals surface area contributed by atoms with Crippen LogP contribution in [-0.4, -0.2) is 46.8 Å². The molecule has 0 saturated carbocycles. The van der Waals surface area contributed by atoms with Gasteiger partial charge in [0, 0.05) is 25.2 Å². The van der Waals surface area contributed by atoms with Crippen molar-refractivity contribution in [2.24, 2.45) is 5.92 Å². The summed E-state index contributed by atoms with van der Waals surface area (Å²) in [5, 5.41) is 4.22. The molecule has 2 aromatic heterocycles. The highest BCUT2D eigenvalue weighted by Gasteiger charge is 2.28. The van der Waals surface area contributed by atoms with Gasteiger partial charge in [0.2, 0.25) is 0 Å². The first-order valence-corrected chi connectivity index (χ1v) is 10.4. The Morgan fingerprint density at radius 1 is 1.23 bits per heavy atom. The first-order chi connectivity index (χ1) is 14.6. The van der Waals surface area contributed by atoms with E-state index in [1.165, 1.54) is 5.56 Å². The summed E-state index contributed by atoms with van der Waals surface area (Å²) in [4.78, 5) is 11.3. The van der Waals surface area contributed by atoms with Gasteiger partial charge in [-0.3, -0.25) is 4.90 Å². The van der Waals surface area contributed by atoms with Crippen molar-refractivity contribution in [1.29, 1.82) is 0 Å². The standard InChI is InChI=1S/C23H28N4O3/c1-16(2)15-29-19-7-4-6-17(12-19)13-27-11-9-18(14-27)22-25-23(30-26-22)21-20(28-3)8-5-10-24-21/h4-8,10,12,16,18H,9,11,13-15H2,1-3H3. The minimum Gasteiger partial charge on any atom is -0.494 e. The van der Waals surface area contributed by atoms with Crippen LogP contribution in [0.5, 0.6) is 11.5 Å². The molecule has 1 unspecified atom stereocenters. The zero-order valence-corrected chi connectivity index (χ0v) is 17.7. The molecule has 1 aliphatic heterocycles. The minimum absolute atomic E-state index is 0.248. The summed E-state index contributed by atoms with van der Waals surface area (Å²) >= 11 is 0. The summed E-state index contributed by atoms with van der Waals surface area (Å²) in [7, 11) is 1.61. The van der Waals surface area contributed by atoms with E-state index in [2.05, 4.69) is 52.1 Å². The fraction of sp³-hybridized carbons (Fsp3) is 0.435. The molecule has 3 aromatic rings. The summed E-state index contributed by atoms with van der Waals surface area (Å²) in [6, 6.07) is 12.0. The molecule has 0 bridgehead atoms. The first kappa shape index (κ1) is 20.3. The van der Waals surface area contributed by atoms with Gasteiger partial charge in [-0.25, -0.2) is 4.98 Å². The van der Waals surface area contributed by atoms with Crippen LogP contribution in [0.25, 0.3) is 11.6 Å². The number of nitrogens with zero attached hydrogens (tertiary/aromatic N) is 4. The maximum absolute atomic E-state index is 5.86. The van der Waals surface area contributed by atoms with Crippen LogP contribution in [-0.2, 0) is 6.54 Å². The van der Waals surface area contributed by atoms with Crippen molar-refractivity contribution >= 4 is 0 Å². The normalized spacial score (nSPS) is 16.9. The second-order valence-corrected chi connectivity index (χ2v) is 8.08. The summed E-state index contributed by atoms with van der Waals surface area (Å²) in [5.41, 5.74) is 1.83. The van der Waals surface area contributed by atoms with Crippen LogP contribution in [0, 0.1) is 5.92 Å². The van der Waals surface area contributed by atoms with Crippen LogP contribution in [0.2, 0.25) is 0 Å². The van der Waals surface area contributed by atoms with E-state index >= 15 is 0 Å². The SMILES string of the molecule is COc1cccnc1-c1nc(C2CCN(Cc3cccc(OCC(C)C)c3)C2)no1. The molecule has 1 saturated heterocycles. The van der Waals surface area contributed by atoms with Gasteiger partial charge in [0.15, 0.2) is 11.5 Å². The second-order valence-electron chi connectivity index (χ2n) is 8.08. The molecule has 4 rings (SSSR count). The number of likely N-dealkylation sites (tertiary alicyclic amines) is 1. The van der Waals surface area contributed by atoms with Crippen molar-refractivity contribution in [3.63, 3.8) is 0 Å². The Hall–Kier alpha value is -2.93. The molecule has 1 atom stereocenters. The van der Waals surface area contributed by atoms with E-state index < -0.39 is 0 Å². The molecular formula is C23H28N4O3. The average molecular weight is 409 g/mol. The highest BCUT2D eigenvalue weighted by molar-refractivity contribution is 5.56. The maximum atomic E-state index is 5.86. The molecule has 158 valence electrons. The Kier molecular flexibility index (Phi) is 6.28. The first-order valence-electron chi connectivity index (χ1n) is 10.4. The lowest BCUT2D eigenvalue weighted by Crippen LogP contribution is -2.20. The van der Waals surface area contributed by atoms with Crippen LogP contribution in [0.4, 0.5) is 0 Å². The quantitative estimate of drug-likeness (QED) is 0.554. The van der Waals surface area contributed by atoms with Crippen LogP contribution in [0.3, 0.4) is 0 Å². The lowest BCUT2D eigenvalue weighted by molar-refractivity contribution is 0.270. The Morgan fingerprint density at radius 2 is 2.13 bits per heavy atom. The van der Waals surface area contributed by atoms with Gasteiger partial charge >= 0.3 is 0 Å². The molecule has 3 heterocycles. The van der Waals surface area contributed by atoms with Crippen molar-refractivity contribution in [2.45, 2.75) is 32.7 Å². The Bertz CT molecular complexity index is 972. The summed E-state index contributed by atoms with van der Waals surface area (Å²) in [6.07, 6.45) is 2.69. The minimum atomic E-state index is 0.248. The van der Waals surface area contributed by atoms with Crippen molar-refractivity contribution in [3.05, 3.63) is 54.0 Å². The third kappa shape index (κ3) is 4.79. The van der Waals surface area contributed by atoms with Gasteiger partial charge in [0.25, 0.3) is 5.89 Å². The molecule has 7 heteroatoms. The Labute approximate surface area is 177 Å². The van der Waals surface area contributed by atoms with E-state index in [0.717, 1.165) is 44.2 Å². The van der Waals surface area contributed by atoms with Crippen LogP contribution < -0.4 is 9.47 Å². The van der Waals surface area contributed by atoms with Crippen molar-refractivity contribution in [1.82, 2.24) is 20.0 Å². The Morgan fingerprint density at radius 3 is 2.97 bits per heavy atom. The van der Waals surface area contributed by atoms with Gasteiger partial charge in [-0.15, -0.1) is 0 Å². The number of pyridine rings is 1. The third-order valence-electron chi connectivity index (χ3n) is 5.16. The number of hydrogen-bond acceptors (Lipinski definition) is 7. The molecule has 1 fully saturated rings. The largest absolute Gasteiger partial charge is 0.494 e. The zero-order chi connectivity index (χ0) is 20.9. The lowest BCUT2D eigenvalue weighted by atomic mass is 10.1. The molecule has 7 nitrogen and oxygen atoms in total. The molecule has 0 aliphatic carbocycles. The highest BCUT2D eigenvalue weighted by atomic mass is 16.5. The average Bonchev–Trinajstić information content (AvgIpc) is 3.42. The topological polar surface area (TPSA) is 73.5 Å². The smallest absolute Gasteiger partial charge is 0.280 e. The van der Waals surface area contributed by atoms with E-state index in [-0.39, 0.29) is 5.92 Å². The number of aromatic nitrogens is 3. The molecule has 1 aliphatic rings. The Balaban J connectivity index is 1.38. The number of ether oxygens (including phenoxy) is 2. The van der Waals surface area contributed by atoms with Gasteiger partial charge in [0.05, 0.1) is 13.7 Å². The van der Waals surface area contributed by atoms with Gasteiger partial charge in [-0.2, -0.15) is 4.98 Å². The van der Waals surface area contributed by atoms with Crippen molar-refractivity contribution in [2.75, 3.05) is 26.8 Å². The second kappa shape index (κ2) is 9.26. The highest BCUT2D eigenvalue weighted by Crippen LogP contribution is 2.30. The van der Waals surface area contributed by atoms with E-state index in [9.17, 15) is 0 Å². The van der Waals surface area contributed by atoms with E-state index in [4.69, 9.17) is 14.0 Å². The van der Waals surface area contributed by atoms with E-state index in [0.29, 0.717) is 23.3 Å². The fourth-order valence-corrected chi connectivity index (χ4v) is 3.65. The number of hydrogen-bond donors (Lipinski definition) is 0. The van der Waals surface area contributed by atoms with Crippen LogP contribution in [0.1, 0.15) is 37.6 Å². The summed E-state index contributed by atoms with van der Waals surface area (Å²) in [6.45, 7) is 7.82. The molecule has 0 spiro atoms. The molecule has 30 heavy (non-hydrogen) atoms. The van der Waals surface area contributed by atoms with Crippen LogP contribution >= 0.6 is 0 Å². The molecular weight excluding hydrogens is 380 g/mol. The number of benzene rings is 1.